The molecular weight excluding hydrogens is 422 g/mol. The molecule has 2 aliphatic heterocycles. The summed E-state index contributed by atoms with van der Waals surface area (Å²) in [5.74, 6) is 0.102. The van der Waals surface area contributed by atoms with E-state index in [1.165, 1.54) is 6.07 Å². The maximum atomic E-state index is 13.9. The van der Waals surface area contributed by atoms with Crippen LogP contribution in [-0.2, 0) is 0 Å². The second-order valence-corrected chi connectivity index (χ2v) is 8.70. The van der Waals surface area contributed by atoms with Crippen LogP contribution in [0.5, 0.6) is 0 Å². The van der Waals surface area contributed by atoms with Gasteiger partial charge in [-0.1, -0.05) is 24.3 Å². The van der Waals surface area contributed by atoms with E-state index in [0.29, 0.717) is 24.5 Å². The maximum absolute atomic E-state index is 13.9. The number of nitrogens with zero attached hydrogens (tertiary/aromatic N) is 5. The van der Waals surface area contributed by atoms with Gasteiger partial charge in [-0.15, -0.1) is 0 Å². The molecule has 0 saturated carbocycles. The van der Waals surface area contributed by atoms with Gasteiger partial charge >= 0.3 is 0 Å². The van der Waals surface area contributed by atoms with E-state index in [0.717, 1.165) is 54.8 Å². The highest BCUT2D eigenvalue weighted by Gasteiger charge is 2.25. The molecule has 8 heteroatoms. The van der Waals surface area contributed by atoms with Crippen molar-refractivity contribution in [2.75, 3.05) is 24.5 Å². The molecule has 1 atom stereocenters. The summed E-state index contributed by atoms with van der Waals surface area (Å²) in [5, 5.41) is 3.52. The Balaban J connectivity index is 1.30. The van der Waals surface area contributed by atoms with Crippen molar-refractivity contribution in [3.05, 3.63) is 71.7 Å². The lowest BCUT2D eigenvalue weighted by molar-refractivity contribution is 0.462. The van der Waals surface area contributed by atoms with E-state index in [2.05, 4.69) is 26.3 Å². The van der Waals surface area contributed by atoms with Gasteiger partial charge in [0, 0.05) is 48.9 Å². The fourth-order valence-electron chi connectivity index (χ4n) is 4.48. The zero-order chi connectivity index (χ0) is 22.8. The predicted octanol–water partition coefficient (Wildman–Crippen LogP) is 4.09. The van der Waals surface area contributed by atoms with E-state index in [1.807, 2.05) is 25.1 Å². The molecular formula is C25H26F2N6. The molecule has 170 valence electrons. The van der Waals surface area contributed by atoms with Crippen molar-refractivity contribution in [3.8, 4) is 0 Å². The second kappa shape index (κ2) is 9.21. The summed E-state index contributed by atoms with van der Waals surface area (Å²) in [6.07, 6.45) is 10.2. The predicted molar refractivity (Wildman–Crippen MR) is 126 cm³/mol. The third-order valence-corrected chi connectivity index (χ3v) is 6.30. The van der Waals surface area contributed by atoms with E-state index in [-0.39, 0.29) is 12.0 Å². The lowest BCUT2D eigenvalue weighted by atomic mass is 9.95. The monoisotopic (exact) mass is 448 g/mol. The van der Waals surface area contributed by atoms with Gasteiger partial charge in [-0.3, -0.25) is 4.99 Å². The van der Waals surface area contributed by atoms with Gasteiger partial charge in [0.15, 0.2) is 11.6 Å². The molecule has 0 spiro atoms. The van der Waals surface area contributed by atoms with Gasteiger partial charge in [0.1, 0.15) is 12.1 Å². The average molecular weight is 449 g/mol. The Labute approximate surface area is 191 Å². The van der Waals surface area contributed by atoms with E-state index in [1.54, 1.807) is 12.4 Å². The first kappa shape index (κ1) is 21.4. The number of allylic oxidation sites excluding steroid dienone is 3. The van der Waals surface area contributed by atoms with Gasteiger partial charge in [-0.05, 0) is 43.9 Å². The standard InChI is InChI=1S/C25H26F2N6/c1-16-11-24(30-15-29-16)33-9-7-19(8-10-33)31-25-28-14-17-3-2-4-20(23(12-17)32-25)18-5-6-21(26)22(27)13-18/h2-6,11,13,15,17,19H,7-10,12,14H2,1H3,(H,28,31). The number of fused-ring (bicyclic) bond motifs is 2. The van der Waals surface area contributed by atoms with Crippen molar-refractivity contribution < 1.29 is 8.78 Å². The lowest BCUT2D eigenvalue weighted by Gasteiger charge is -2.33. The number of nitrogens with one attached hydrogen (secondary N) is 1. The molecule has 3 aliphatic rings. The minimum Gasteiger partial charge on any atom is -0.356 e. The van der Waals surface area contributed by atoms with E-state index < -0.39 is 11.6 Å². The zero-order valence-corrected chi connectivity index (χ0v) is 18.5. The molecule has 2 bridgehead atoms. The van der Waals surface area contributed by atoms with Gasteiger partial charge in [0.25, 0.3) is 0 Å². The molecule has 1 fully saturated rings. The maximum Gasteiger partial charge on any atom is 0.218 e. The summed E-state index contributed by atoms with van der Waals surface area (Å²) in [6.45, 7) is 4.40. The van der Waals surface area contributed by atoms with Crippen molar-refractivity contribution in [1.82, 2.24) is 15.3 Å². The van der Waals surface area contributed by atoms with Crippen molar-refractivity contribution >= 4 is 23.1 Å². The normalized spacial score (nSPS) is 21.0. The molecule has 3 heterocycles. The Bertz CT molecular complexity index is 1160. The number of aryl methyl sites for hydroxylation is 1. The van der Waals surface area contributed by atoms with Crippen LogP contribution in [0.15, 0.2) is 58.8 Å². The Kier molecular flexibility index (Phi) is 5.98. The number of piperidine rings is 1. The SMILES string of the molecule is Cc1cc(N2CCC(NC3=NCC4C=CC=C(c5ccc(F)c(F)c5)C(=N3)C4)CC2)ncn1. The number of hydrogen-bond acceptors (Lipinski definition) is 6. The van der Waals surface area contributed by atoms with Crippen LogP contribution in [-0.4, -0.2) is 47.3 Å². The van der Waals surface area contributed by atoms with Crippen LogP contribution in [0.4, 0.5) is 14.6 Å². The Morgan fingerprint density at radius 3 is 2.70 bits per heavy atom. The fraction of sp³-hybridized carbons (Fsp3) is 0.360. The Morgan fingerprint density at radius 1 is 1.06 bits per heavy atom. The zero-order valence-electron chi connectivity index (χ0n) is 18.5. The van der Waals surface area contributed by atoms with Crippen LogP contribution in [0.3, 0.4) is 0 Å². The first-order valence-electron chi connectivity index (χ1n) is 11.3. The van der Waals surface area contributed by atoms with Crippen LogP contribution in [0.1, 0.15) is 30.5 Å². The van der Waals surface area contributed by atoms with Crippen LogP contribution >= 0.6 is 0 Å². The Hall–Kier alpha value is -3.42. The molecule has 5 rings (SSSR count). The summed E-state index contributed by atoms with van der Waals surface area (Å²) in [6, 6.07) is 6.27. The number of anilines is 1. The Morgan fingerprint density at radius 2 is 1.91 bits per heavy atom. The van der Waals surface area contributed by atoms with Crippen LogP contribution in [0.25, 0.3) is 5.57 Å². The van der Waals surface area contributed by atoms with Crippen LogP contribution < -0.4 is 10.2 Å². The lowest BCUT2D eigenvalue weighted by Crippen LogP contribution is -2.44. The molecule has 2 aromatic rings. The number of guanidine groups is 1. The third kappa shape index (κ3) is 4.84. The van der Waals surface area contributed by atoms with Gasteiger partial charge in [0.2, 0.25) is 5.96 Å². The minimum absolute atomic E-state index is 0.227. The highest BCUT2D eigenvalue weighted by atomic mass is 19.2. The molecule has 6 nitrogen and oxygen atoms in total. The first-order chi connectivity index (χ1) is 16.0. The summed E-state index contributed by atoms with van der Waals surface area (Å²) in [7, 11) is 0. The number of benzene rings is 1. The molecule has 1 unspecified atom stereocenters. The molecule has 1 aliphatic carbocycles. The molecule has 0 radical (unpaired) electrons. The second-order valence-electron chi connectivity index (χ2n) is 8.70. The molecule has 1 aromatic carbocycles. The quantitative estimate of drug-likeness (QED) is 0.768. The molecule has 1 N–H and O–H groups in total. The van der Waals surface area contributed by atoms with Crippen molar-refractivity contribution in [2.45, 2.75) is 32.2 Å². The summed E-state index contributed by atoms with van der Waals surface area (Å²) < 4.78 is 27.4. The average Bonchev–Trinajstić information content (AvgIpc) is 3.14. The third-order valence-electron chi connectivity index (χ3n) is 6.30. The molecule has 1 aromatic heterocycles. The van der Waals surface area contributed by atoms with E-state index in [9.17, 15) is 8.78 Å². The van der Waals surface area contributed by atoms with Gasteiger partial charge < -0.3 is 10.2 Å². The van der Waals surface area contributed by atoms with Crippen molar-refractivity contribution in [2.24, 2.45) is 15.9 Å². The molecule has 0 amide bonds. The summed E-state index contributed by atoms with van der Waals surface area (Å²) in [4.78, 5) is 20.4. The highest BCUT2D eigenvalue weighted by molar-refractivity contribution is 6.27. The first-order valence-corrected chi connectivity index (χ1v) is 11.3. The highest BCUT2D eigenvalue weighted by Crippen LogP contribution is 2.27. The molecule has 33 heavy (non-hydrogen) atoms. The van der Waals surface area contributed by atoms with Crippen molar-refractivity contribution in [1.29, 1.82) is 0 Å². The summed E-state index contributed by atoms with van der Waals surface area (Å²) >= 11 is 0. The minimum atomic E-state index is -0.856. The van der Waals surface area contributed by atoms with Crippen LogP contribution in [0.2, 0.25) is 0 Å². The van der Waals surface area contributed by atoms with Crippen LogP contribution in [0, 0.1) is 24.5 Å². The smallest absolute Gasteiger partial charge is 0.218 e. The van der Waals surface area contributed by atoms with Gasteiger partial charge in [-0.25, -0.2) is 23.7 Å². The summed E-state index contributed by atoms with van der Waals surface area (Å²) in [5.41, 5.74) is 3.23. The van der Waals surface area contributed by atoms with Crippen molar-refractivity contribution in [3.63, 3.8) is 0 Å². The van der Waals surface area contributed by atoms with E-state index >= 15 is 0 Å². The number of aromatic nitrogens is 2. The van der Waals surface area contributed by atoms with Gasteiger partial charge in [0.05, 0.1) is 5.71 Å². The van der Waals surface area contributed by atoms with Gasteiger partial charge in [-0.2, -0.15) is 0 Å². The number of rotatable bonds is 3. The molecule has 1 saturated heterocycles. The fourth-order valence-corrected chi connectivity index (χ4v) is 4.48. The topological polar surface area (TPSA) is 65.8 Å². The van der Waals surface area contributed by atoms with E-state index in [4.69, 9.17) is 9.98 Å². The largest absolute Gasteiger partial charge is 0.356 e. The number of hydrogen-bond donors (Lipinski definition) is 1. The number of halogens is 2. The number of aliphatic imine (C=N–C) groups is 2.